The molecule has 3 aromatic carbocycles. The zero-order valence-electron chi connectivity index (χ0n) is 16.1. The molecule has 2 N–H and O–H groups in total. The predicted molar refractivity (Wildman–Crippen MR) is 116 cm³/mol. The first kappa shape index (κ1) is 17.7. The van der Waals surface area contributed by atoms with Gasteiger partial charge in [0.05, 0.1) is 0 Å². The third-order valence-corrected chi connectivity index (χ3v) is 5.65. The average Bonchev–Trinajstić information content (AvgIpc) is 3.46. The second kappa shape index (κ2) is 7.21. The van der Waals surface area contributed by atoms with Gasteiger partial charge in [-0.1, -0.05) is 36.4 Å². The van der Waals surface area contributed by atoms with Crippen molar-refractivity contribution in [3.05, 3.63) is 82.9 Å². The maximum absolute atomic E-state index is 12.5. The molecule has 0 bridgehead atoms. The zero-order chi connectivity index (χ0) is 19.8. The molecule has 0 spiro atoms. The van der Waals surface area contributed by atoms with Crippen LogP contribution in [-0.2, 0) is 17.6 Å². The summed E-state index contributed by atoms with van der Waals surface area (Å²) in [5, 5.41) is 8.37. The number of hydrogen-bond acceptors (Lipinski definition) is 2. The second-order valence-electron chi connectivity index (χ2n) is 7.80. The van der Waals surface area contributed by atoms with Crippen LogP contribution in [-0.4, -0.2) is 17.9 Å². The van der Waals surface area contributed by atoms with Gasteiger partial charge in [-0.15, -0.1) is 0 Å². The number of benzene rings is 3. The molecule has 0 heterocycles. The normalized spacial score (nSPS) is 15.0. The summed E-state index contributed by atoms with van der Waals surface area (Å²) in [6, 6.07) is 18.0. The Hall–Kier alpha value is -3.40. The molecule has 0 unspecified atom stereocenters. The third-order valence-electron chi connectivity index (χ3n) is 5.65. The number of aryl methyl sites for hydroxylation is 2. The third kappa shape index (κ3) is 3.66. The molecule has 4 heteroatoms. The predicted octanol–water partition coefficient (Wildman–Crippen LogP) is 4.48. The maximum Gasteiger partial charge on any atom is 0.251 e. The lowest BCUT2D eigenvalue weighted by atomic mass is 10.0. The van der Waals surface area contributed by atoms with Gasteiger partial charge in [0.2, 0.25) is 5.91 Å². The summed E-state index contributed by atoms with van der Waals surface area (Å²) in [5.41, 5.74) is 5.08. The maximum atomic E-state index is 12.5. The van der Waals surface area contributed by atoms with Gasteiger partial charge in [-0.25, -0.2) is 0 Å². The van der Waals surface area contributed by atoms with E-state index in [4.69, 9.17) is 0 Å². The van der Waals surface area contributed by atoms with Crippen LogP contribution >= 0.6 is 0 Å². The van der Waals surface area contributed by atoms with Crippen LogP contribution in [0.15, 0.2) is 60.7 Å². The van der Waals surface area contributed by atoms with Crippen molar-refractivity contribution in [2.45, 2.75) is 31.7 Å². The van der Waals surface area contributed by atoms with Gasteiger partial charge >= 0.3 is 0 Å². The molecule has 0 saturated heterocycles. The Morgan fingerprint density at radius 1 is 0.897 bits per heavy atom. The van der Waals surface area contributed by atoms with E-state index in [-0.39, 0.29) is 11.8 Å². The molecule has 5 rings (SSSR count). The Morgan fingerprint density at radius 2 is 1.66 bits per heavy atom. The summed E-state index contributed by atoms with van der Waals surface area (Å²) in [7, 11) is 0. The highest BCUT2D eigenvalue weighted by Gasteiger charge is 2.23. The van der Waals surface area contributed by atoms with Crippen LogP contribution < -0.4 is 10.6 Å². The van der Waals surface area contributed by atoms with E-state index < -0.39 is 0 Å². The lowest BCUT2D eigenvalue weighted by molar-refractivity contribution is -0.111. The highest BCUT2D eigenvalue weighted by molar-refractivity contribution is 6.09. The van der Waals surface area contributed by atoms with E-state index >= 15 is 0 Å². The Bertz CT molecular complexity index is 1130. The lowest BCUT2D eigenvalue weighted by Gasteiger charge is -2.09. The minimum Gasteiger partial charge on any atom is -0.349 e. The van der Waals surface area contributed by atoms with Crippen LogP contribution in [0.4, 0.5) is 5.69 Å². The number of nitrogens with one attached hydrogen (secondary N) is 2. The minimum atomic E-state index is -0.167. The molecule has 3 aromatic rings. The van der Waals surface area contributed by atoms with Crippen LogP contribution in [0.25, 0.3) is 16.8 Å². The SMILES string of the molecule is O=C(/C=C/c1ccc(C(=O)NC2CC2)cc1)Nc1ccc2c3c(cccc13)CC2. The van der Waals surface area contributed by atoms with Gasteiger partial charge in [-0.2, -0.15) is 0 Å². The van der Waals surface area contributed by atoms with Crippen molar-refractivity contribution in [3.63, 3.8) is 0 Å². The summed E-state index contributed by atoms with van der Waals surface area (Å²) in [4.78, 5) is 24.5. The van der Waals surface area contributed by atoms with Crippen molar-refractivity contribution in [1.82, 2.24) is 5.32 Å². The van der Waals surface area contributed by atoms with Crippen molar-refractivity contribution >= 4 is 34.4 Å². The van der Waals surface area contributed by atoms with E-state index in [0.717, 1.165) is 42.3 Å². The van der Waals surface area contributed by atoms with Gasteiger partial charge in [0.15, 0.2) is 0 Å². The van der Waals surface area contributed by atoms with E-state index in [1.54, 1.807) is 18.2 Å². The van der Waals surface area contributed by atoms with Gasteiger partial charge in [-0.3, -0.25) is 9.59 Å². The quantitative estimate of drug-likeness (QED) is 0.639. The van der Waals surface area contributed by atoms with Crippen molar-refractivity contribution in [3.8, 4) is 0 Å². The van der Waals surface area contributed by atoms with Gasteiger partial charge in [0.25, 0.3) is 5.91 Å². The Morgan fingerprint density at radius 3 is 2.41 bits per heavy atom. The molecule has 4 nitrogen and oxygen atoms in total. The Balaban J connectivity index is 1.28. The summed E-state index contributed by atoms with van der Waals surface area (Å²) in [6.45, 7) is 0. The van der Waals surface area contributed by atoms with E-state index in [9.17, 15) is 9.59 Å². The van der Waals surface area contributed by atoms with Gasteiger partial charge in [0, 0.05) is 28.8 Å². The van der Waals surface area contributed by atoms with Crippen molar-refractivity contribution in [1.29, 1.82) is 0 Å². The largest absolute Gasteiger partial charge is 0.349 e. The molecule has 0 aromatic heterocycles. The number of rotatable bonds is 5. The number of amides is 2. The first-order valence-corrected chi connectivity index (χ1v) is 10.1. The van der Waals surface area contributed by atoms with Gasteiger partial charge < -0.3 is 10.6 Å². The van der Waals surface area contributed by atoms with Crippen LogP contribution in [0.2, 0.25) is 0 Å². The van der Waals surface area contributed by atoms with Crippen LogP contribution in [0.3, 0.4) is 0 Å². The first-order chi connectivity index (χ1) is 14.2. The number of anilines is 1. The summed E-state index contributed by atoms with van der Waals surface area (Å²) < 4.78 is 0. The van der Waals surface area contributed by atoms with E-state index in [1.165, 1.54) is 22.6 Å². The summed E-state index contributed by atoms with van der Waals surface area (Å²) >= 11 is 0. The van der Waals surface area contributed by atoms with Gasteiger partial charge in [-0.05, 0) is 72.0 Å². The molecule has 1 saturated carbocycles. The molecule has 2 aliphatic rings. The number of carbonyl (C=O) groups is 2. The topological polar surface area (TPSA) is 58.2 Å². The second-order valence-corrected chi connectivity index (χ2v) is 7.80. The van der Waals surface area contributed by atoms with Crippen molar-refractivity contribution < 1.29 is 9.59 Å². The Labute approximate surface area is 169 Å². The molecule has 2 aliphatic carbocycles. The van der Waals surface area contributed by atoms with Crippen LogP contribution in [0.5, 0.6) is 0 Å². The number of carbonyl (C=O) groups excluding carboxylic acids is 2. The highest BCUT2D eigenvalue weighted by atomic mass is 16.2. The molecular formula is C25H22N2O2. The van der Waals surface area contributed by atoms with Crippen molar-refractivity contribution in [2.75, 3.05) is 5.32 Å². The lowest BCUT2D eigenvalue weighted by Crippen LogP contribution is -2.25. The fourth-order valence-corrected chi connectivity index (χ4v) is 3.94. The smallest absolute Gasteiger partial charge is 0.251 e. The standard InChI is InChI=1S/C25H22N2O2/c28-23(15-6-16-4-7-19(8-5-16)25(29)26-20-12-13-20)27-22-14-11-18-10-9-17-2-1-3-21(22)24(17)18/h1-8,11,14-15,20H,9-10,12-13H2,(H,26,29)(H,27,28)/b15-6+. The monoisotopic (exact) mass is 382 g/mol. The average molecular weight is 382 g/mol. The molecular weight excluding hydrogens is 360 g/mol. The summed E-state index contributed by atoms with van der Waals surface area (Å²) in [5.74, 6) is -0.202. The fraction of sp³-hybridized carbons (Fsp3) is 0.200. The van der Waals surface area contributed by atoms with E-state index in [2.05, 4.69) is 34.9 Å². The zero-order valence-corrected chi connectivity index (χ0v) is 16.1. The molecule has 1 fully saturated rings. The summed E-state index contributed by atoms with van der Waals surface area (Å²) in [6.07, 6.45) is 7.57. The van der Waals surface area contributed by atoms with E-state index in [0.29, 0.717) is 11.6 Å². The molecule has 144 valence electrons. The molecule has 0 aliphatic heterocycles. The molecule has 29 heavy (non-hydrogen) atoms. The van der Waals surface area contributed by atoms with E-state index in [1.807, 2.05) is 18.2 Å². The first-order valence-electron chi connectivity index (χ1n) is 10.1. The Kier molecular flexibility index (Phi) is 4.39. The highest BCUT2D eigenvalue weighted by Crippen LogP contribution is 2.35. The van der Waals surface area contributed by atoms with Gasteiger partial charge in [0.1, 0.15) is 0 Å². The molecule has 0 radical (unpaired) electrons. The number of hydrogen-bond donors (Lipinski definition) is 2. The fourth-order valence-electron chi connectivity index (χ4n) is 3.94. The van der Waals surface area contributed by atoms with Crippen molar-refractivity contribution in [2.24, 2.45) is 0 Å². The molecule has 0 atom stereocenters. The van der Waals surface area contributed by atoms with Crippen LogP contribution in [0, 0.1) is 0 Å². The molecule has 2 amide bonds. The van der Waals surface area contributed by atoms with Crippen LogP contribution in [0.1, 0.15) is 39.9 Å². The minimum absolute atomic E-state index is 0.0344.